The molecule has 166 valence electrons. The molecule has 2 aromatic rings. The van der Waals surface area contributed by atoms with Gasteiger partial charge in [0.1, 0.15) is 32.7 Å². The van der Waals surface area contributed by atoms with Crippen LogP contribution in [0.25, 0.3) is 0 Å². The summed E-state index contributed by atoms with van der Waals surface area (Å²) in [5.74, 6) is 1.24. The van der Waals surface area contributed by atoms with E-state index in [9.17, 15) is 4.79 Å². The third-order valence-electron chi connectivity index (χ3n) is 5.80. The predicted octanol–water partition coefficient (Wildman–Crippen LogP) is -0.164. The van der Waals surface area contributed by atoms with Gasteiger partial charge in [-0.3, -0.25) is 4.79 Å². The van der Waals surface area contributed by atoms with Gasteiger partial charge in [-0.2, -0.15) is 5.10 Å². The van der Waals surface area contributed by atoms with Crippen molar-refractivity contribution in [2.45, 2.75) is 20.4 Å². The molecule has 0 atom stereocenters. The molecule has 31 heavy (non-hydrogen) atoms. The first-order chi connectivity index (χ1) is 15.0. The number of nitrogens with zero attached hydrogens (tertiary/aromatic N) is 1. The Bertz CT molecular complexity index is 904. The molecule has 7 heteroatoms. The fourth-order valence-corrected chi connectivity index (χ4v) is 3.84. The number of hydrogen-bond donors (Lipinski definition) is 3. The Hall–Kier alpha value is -2.90. The molecular formula is C24H34N4O3+2. The van der Waals surface area contributed by atoms with E-state index in [2.05, 4.69) is 41.7 Å². The highest BCUT2D eigenvalue weighted by molar-refractivity contribution is 5.99. The number of carbonyl (C=O) groups is 1. The van der Waals surface area contributed by atoms with E-state index in [0.29, 0.717) is 18.0 Å². The first-order valence-electron chi connectivity index (χ1n) is 10.8. The van der Waals surface area contributed by atoms with E-state index in [1.807, 2.05) is 25.1 Å². The summed E-state index contributed by atoms with van der Waals surface area (Å²) in [5, 5.41) is 4.27. The van der Waals surface area contributed by atoms with E-state index < -0.39 is 0 Å². The van der Waals surface area contributed by atoms with E-state index in [-0.39, 0.29) is 5.91 Å². The fourth-order valence-electron chi connectivity index (χ4n) is 3.84. The maximum atomic E-state index is 12.4. The molecule has 7 nitrogen and oxygen atoms in total. The van der Waals surface area contributed by atoms with Crippen LogP contribution in [0.2, 0.25) is 0 Å². The maximum absolute atomic E-state index is 12.4. The summed E-state index contributed by atoms with van der Waals surface area (Å²) in [6, 6.07) is 14.4. The SMILES string of the molecule is COc1ccc(/C(C)=N/NC(=O)C[NH+]2CC[NH+](Cc3ccc(C)cc3)CC2)cc1OC. The number of amides is 1. The molecule has 3 rings (SSSR count). The van der Waals surface area contributed by atoms with Crippen LogP contribution in [0.4, 0.5) is 0 Å². The van der Waals surface area contributed by atoms with Crippen LogP contribution in [0.3, 0.4) is 0 Å². The van der Waals surface area contributed by atoms with Gasteiger partial charge in [-0.1, -0.05) is 29.8 Å². The van der Waals surface area contributed by atoms with Crippen molar-refractivity contribution in [1.82, 2.24) is 5.43 Å². The highest BCUT2D eigenvalue weighted by Crippen LogP contribution is 2.27. The molecule has 0 unspecified atom stereocenters. The van der Waals surface area contributed by atoms with Crippen molar-refractivity contribution < 1.29 is 24.1 Å². The van der Waals surface area contributed by atoms with Crippen molar-refractivity contribution in [2.75, 3.05) is 46.9 Å². The lowest BCUT2D eigenvalue weighted by molar-refractivity contribution is -1.02. The van der Waals surface area contributed by atoms with E-state index in [1.54, 1.807) is 19.1 Å². The number of nitrogens with one attached hydrogen (secondary N) is 3. The number of ether oxygens (including phenoxy) is 2. The third kappa shape index (κ3) is 6.54. The van der Waals surface area contributed by atoms with Gasteiger partial charge in [0.2, 0.25) is 0 Å². The standard InChI is InChI=1S/C24H32N4O3/c1-18-5-7-20(8-6-18)16-27-11-13-28(14-12-27)17-24(29)26-25-19(2)21-9-10-22(30-3)23(15-21)31-4/h5-10,15H,11-14,16-17H2,1-4H3,(H,26,29)/p+2/b25-19+. The normalized spacial score (nSPS) is 19.0. The van der Waals surface area contributed by atoms with Crippen LogP contribution in [-0.4, -0.2) is 58.6 Å². The van der Waals surface area contributed by atoms with E-state index in [1.165, 1.54) is 16.0 Å². The molecule has 2 aromatic carbocycles. The molecular weight excluding hydrogens is 392 g/mol. The topological polar surface area (TPSA) is 68.8 Å². The largest absolute Gasteiger partial charge is 0.493 e. The smallest absolute Gasteiger partial charge is 0.295 e. The number of hydrogen-bond acceptors (Lipinski definition) is 4. The highest BCUT2D eigenvalue weighted by atomic mass is 16.5. The first-order valence-corrected chi connectivity index (χ1v) is 10.8. The van der Waals surface area contributed by atoms with Gasteiger partial charge < -0.3 is 19.3 Å². The van der Waals surface area contributed by atoms with Crippen molar-refractivity contribution >= 4 is 11.6 Å². The fraction of sp³-hybridized carbons (Fsp3) is 0.417. The molecule has 0 aliphatic carbocycles. The molecule has 1 aliphatic heterocycles. The van der Waals surface area contributed by atoms with Gasteiger partial charge in [0.05, 0.1) is 19.9 Å². The molecule has 0 radical (unpaired) electrons. The number of aryl methyl sites for hydroxylation is 1. The van der Waals surface area contributed by atoms with Crippen LogP contribution in [-0.2, 0) is 11.3 Å². The molecule has 0 aromatic heterocycles. The summed E-state index contributed by atoms with van der Waals surface area (Å²) < 4.78 is 10.6. The molecule has 0 bridgehead atoms. The molecule has 1 amide bonds. The summed E-state index contributed by atoms with van der Waals surface area (Å²) in [7, 11) is 3.20. The number of hydrazone groups is 1. The maximum Gasteiger partial charge on any atom is 0.295 e. The number of methoxy groups -OCH3 is 2. The molecule has 1 fully saturated rings. The van der Waals surface area contributed by atoms with Crippen molar-refractivity contribution in [3.05, 3.63) is 59.2 Å². The number of rotatable bonds is 8. The second kappa shape index (κ2) is 10.9. The Morgan fingerprint density at radius 1 is 0.968 bits per heavy atom. The van der Waals surface area contributed by atoms with Crippen molar-refractivity contribution in [3.8, 4) is 11.5 Å². The highest BCUT2D eigenvalue weighted by Gasteiger charge is 2.24. The number of piperazine rings is 1. The molecule has 0 saturated carbocycles. The lowest BCUT2D eigenvalue weighted by Crippen LogP contribution is -3.28. The van der Waals surface area contributed by atoms with Crippen LogP contribution in [0.15, 0.2) is 47.6 Å². The number of quaternary nitrogens is 2. The van der Waals surface area contributed by atoms with Gasteiger partial charge >= 0.3 is 0 Å². The lowest BCUT2D eigenvalue weighted by Gasteiger charge is -2.29. The zero-order valence-corrected chi connectivity index (χ0v) is 19.0. The van der Waals surface area contributed by atoms with Gasteiger partial charge in [0.25, 0.3) is 5.91 Å². The van der Waals surface area contributed by atoms with Gasteiger partial charge in [0.15, 0.2) is 18.0 Å². The monoisotopic (exact) mass is 426 g/mol. The quantitative estimate of drug-likeness (QED) is 0.406. The van der Waals surface area contributed by atoms with Crippen molar-refractivity contribution in [3.63, 3.8) is 0 Å². The van der Waals surface area contributed by atoms with Crippen LogP contribution >= 0.6 is 0 Å². The Morgan fingerprint density at radius 3 is 2.26 bits per heavy atom. The van der Waals surface area contributed by atoms with Gasteiger partial charge in [0, 0.05) is 11.1 Å². The summed E-state index contributed by atoms with van der Waals surface area (Å²) in [4.78, 5) is 15.3. The predicted molar refractivity (Wildman–Crippen MR) is 121 cm³/mol. The van der Waals surface area contributed by atoms with Gasteiger partial charge in [-0.05, 0) is 32.0 Å². The van der Waals surface area contributed by atoms with E-state index in [0.717, 1.165) is 44.0 Å². The van der Waals surface area contributed by atoms with E-state index >= 15 is 0 Å². The average Bonchev–Trinajstić information content (AvgIpc) is 2.79. The second-order valence-corrected chi connectivity index (χ2v) is 8.14. The molecule has 1 heterocycles. The van der Waals surface area contributed by atoms with Crippen molar-refractivity contribution in [2.24, 2.45) is 5.10 Å². The average molecular weight is 427 g/mol. The summed E-state index contributed by atoms with van der Waals surface area (Å²) in [5.41, 5.74) is 6.96. The van der Waals surface area contributed by atoms with Crippen LogP contribution in [0.5, 0.6) is 11.5 Å². The zero-order chi connectivity index (χ0) is 22.2. The molecule has 1 aliphatic rings. The molecule has 1 saturated heterocycles. The minimum Gasteiger partial charge on any atom is -0.493 e. The van der Waals surface area contributed by atoms with Gasteiger partial charge in [-0.15, -0.1) is 0 Å². The molecule has 0 spiro atoms. The number of carbonyl (C=O) groups excluding carboxylic acids is 1. The summed E-state index contributed by atoms with van der Waals surface area (Å²) in [6.07, 6.45) is 0. The Morgan fingerprint density at radius 2 is 1.61 bits per heavy atom. The summed E-state index contributed by atoms with van der Waals surface area (Å²) in [6.45, 7) is 9.61. The van der Waals surface area contributed by atoms with Crippen LogP contribution < -0.4 is 24.7 Å². The van der Waals surface area contributed by atoms with Gasteiger partial charge in [-0.25, -0.2) is 5.43 Å². The van der Waals surface area contributed by atoms with Crippen molar-refractivity contribution in [1.29, 1.82) is 0 Å². The Balaban J connectivity index is 1.45. The van der Waals surface area contributed by atoms with Crippen LogP contribution in [0, 0.1) is 6.92 Å². The zero-order valence-electron chi connectivity index (χ0n) is 19.0. The minimum atomic E-state index is -0.0585. The summed E-state index contributed by atoms with van der Waals surface area (Å²) >= 11 is 0. The van der Waals surface area contributed by atoms with Crippen LogP contribution in [0.1, 0.15) is 23.6 Å². The van der Waals surface area contributed by atoms with E-state index in [4.69, 9.17) is 9.47 Å². The number of benzene rings is 2. The molecule has 3 N–H and O–H groups in total. The first kappa shape index (κ1) is 22.8. The third-order valence-corrected chi connectivity index (χ3v) is 5.80. The second-order valence-electron chi connectivity index (χ2n) is 8.14. The lowest BCUT2D eigenvalue weighted by atomic mass is 10.1. The minimum absolute atomic E-state index is 0.0585. The Kier molecular flexibility index (Phi) is 8.03. The Labute approximate surface area is 184 Å².